The highest BCUT2D eigenvalue weighted by atomic mass is 127. The van der Waals surface area contributed by atoms with Gasteiger partial charge in [-0.1, -0.05) is 60.7 Å². The molecule has 0 aliphatic carbocycles. The van der Waals surface area contributed by atoms with Crippen LogP contribution in [0.1, 0.15) is 17.2 Å². The number of rotatable bonds is 3. The zero-order valence-electron chi connectivity index (χ0n) is 11.5. The standard InChI is InChI=1S/C17H19IN2/c18-20-12-11-19(13-15-7-3-1-4-8-15)17(14-20)16-9-5-2-6-10-16/h1-10,17H,11-14H2. The molecule has 0 amide bonds. The van der Waals surface area contributed by atoms with Gasteiger partial charge in [-0.3, -0.25) is 4.90 Å². The van der Waals surface area contributed by atoms with Gasteiger partial charge >= 0.3 is 0 Å². The molecule has 1 unspecified atom stereocenters. The van der Waals surface area contributed by atoms with Crippen molar-refractivity contribution in [2.24, 2.45) is 0 Å². The lowest BCUT2D eigenvalue weighted by Gasteiger charge is -2.39. The second-order valence-corrected chi connectivity index (χ2v) is 6.62. The third-order valence-corrected chi connectivity index (χ3v) is 4.73. The molecule has 2 aromatic carbocycles. The Morgan fingerprint density at radius 1 is 0.900 bits per heavy atom. The van der Waals surface area contributed by atoms with Crippen LogP contribution in [-0.2, 0) is 6.54 Å². The van der Waals surface area contributed by atoms with Crippen molar-refractivity contribution in [3.63, 3.8) is 0 Å². The smallest absolute Gasteiger partial charge is 0.0487 e. The van der Waals surface area contributed by atoms with Crippen LogP contribution in [0, 0.1) is 0 Å². The largest absolute Gasteiger partial charge is 0.289 e. The van der Waals surface area contributed by atoms with Crippen LogP contribution in [-0.4, -0.2) is 27.6 Å². The summed E-state index contributed by atoms with van der Waals surface area (Å²) < 4.78 is 2.40. The fourth-order valence-electron chi connectivity index (χ4n) is 2.79. The maximum atomic E-state index is 2.60. The maximum absolute atomic E-state index is 2.60. The molecule has 3 rings (SSSR count). The molecule has 2 nitrogen and oxygen atoms in total. The number of hydrogen-bond acceptors (Lipinski definition) is 2. The highest BCUT2D eigenvalue weighted by Gasteiger charge is 2.27. The second-order valence-electron chi connectivity index (χ2n) is 5.25. The van der Waals surface area contributed by atoms with E-state index in [9.17, 15) is 0 Å². The third-order valence-electron chi connectivity index (χ3n) is 3.85. The van der Waals surface area contributed by atoms with Crippen LogP contribution in [0.15, 0.2) is 60.7 Å². The minimum absolute atomic E-state index is 0.488. The van der Waals surface area contributed by atoms with E-state index in [1.54, 1.807) is 0 Å². The van der Waals surface area contributed by atoms with Crippen LogP contribution in [0.2, 0.25) is 0 Å². The fraction of sp³-hybridized carbons (Fsp3) is 0.294. The van der Waals surface area contributed by atoms with Crippen molar-refractivity contribution in [1.82, 2.24) is 8.01 Å². The van der Waals surface area contributed by atoms with E-state index in [4.69, 9.17) is 0 Å². The molecule has 20 heavy (non-hydrogen) atoms. The molecule has 1 fully saturated rings. The van der Waals surface area contributed by atoms with Crippen molar-refractivity contribution in [2.75, 3.05) is 19.6 Å². The number of nitrogens with zero attached hydrogens (tertiary/aromatic N) is 2. The van der Waals surface area contributed by atoms with Gasteiger partial charge in [-0.15, -0.1) is 0 Å². The minimum atomic E-state index is 0.488. The normalized spacial score (nSPS) is 20.9. The lowest BCUT2D eigenvalue weighted by molar-refractivity contribution is 0.124. The Labute approximate surface area is 134 Å². The molecule has 2 aromatic rings. The van der Waals surface area contributed by atoms with Crippen LogP contribution in [0.4, 0.5) is 0 Å². The zero-order valence-corrected chi connectivity index (χ0v) is 13.6. The predicted octanol–water partition coefficient (Wildman–Crippen LogP) is 3.90. The van der Waals surface area contributed by atoms with E-state index >= 15 is 0 Å². The molecule has 1 saturated heterocycles. The van der Waals surface area contributed by atoms with Gasteiger partial charge in [0.25, 0.3) is 0 Å². The van der Waals surface area contributed by atoms with E-state index < -0.39 is 0 Å². The molecule has 0 saturated carbocycles. The minimum Gasteiger partial charge on any atom is -0.289 e. The molecule has 0 aromatic heterocycles. The van der Waals surface area contributed by atoms with Crippen molar-refractivity contribution >= 4 is 22.9 Å². The van der Waals surface area contributed by atoms with E-state index in [0.29, 0.717) is 6.04 Å². The van der Waals surface area contributed by atoms with Gasteiger partial charge in [0.15, 0.2) is 0 Å². The summed E-state index contributed by atoms with van der Waals surface area (Å²) in [6, 6.07) is 22.1. The Bertz CT molecular complexity index is 529. The SMILES string of the molecule is IN1CCN(Cc2ccccc2)C(c2ccccc2)C1. The lowest BCUT2D eigenvalue weighted by atomic mass is 10.0. The molecule has 0 radical (unpaired) electrons. The average Bonchev–Trinajstić information content (AvgIpc) is 2.51. The quantitative estimate of drug-likeness (QED) is 0.591. The van der Waals surface area contributed by atoms with E-state index in [1.807, 2.05) is 0 Å². The molecule has 1 heterocycles. The first kappa shape index (κ1) is 14.0. The van der Waals surface area contributed by atoms with Gasteiger partial charge in [0.2, 0.25) is 0 Å². The van der Waals surface area contributed by atoms with Gasteiger partial charge < -0.3 is 0 Å². The highest BCUT2D eigenvalue weighted by molar-refractivity contribution is 14.1. The summed E-state index contributed by atoms with van der Waals surface area (Å²) in [7, 11) is 0. The number of benzene rings is 2. The molecular formula is C17H19IN2. The summed E-state index contributed by atoms with van der Waals surface area (Å²) in [6.07, 6.45) is 0. The molecule has 0 N–H and O–H groups in total. The van der Waals surface area contributed by atoms with E-state index in [2.05, 4.69) is 91.5 Å². The van der Waals surface area contributed by atoms with E-state index in [0.717, 1.165) is 26.2 Å². The van der Waals surface area contributed by atoms with Crippen molar-refractivity contribution in [3.8, 4) is 0 Å². The maximum Gasteiger partial charge on any atom is 0.0487 e. The van der Waals surface area contributed by atoms with Gasteiger partial charge in [0.05, 0.1) is 0 Å². The Morgan fingerprint density at radius 2 is 1.55 bits per heavy atom. The van der Waals surface area contributed by atoms with E-state index in [-0.39, 0.29) is 0 Å². The van der Waals surface area contributed by atoms with Crippen LogP contribution in [0.5, 0.6) is 0 Å². The first-order valence-electron chi connectivity index (χ1n) is 7.06. The van der Waals surface area contributed by atoms with Crippen LogP contribution >= 0.6 is 22.9 Å². The molecular weight excluding hydrogens is 359 g/mol. The van der Waals surface area contributed by atoms with Crippen molar-refractivity contribution in [1.29, 1.82) is 0 Å². The number of halogens is 1. The first-order chi connectivity index (χ1) is 9.83. The summed E-state index contributed by atoms with van der Waals surface area (Å²) >= 11 is 2.45. The fourth-order valence-corrected chi connectivity index (χ4v) is 3.37. The topological polar surface area (TPSA) is 6.48 Å². The van der Waals surface area contributed by atoms with Crippen molar-refractivity contribution in [3.05, 3.63) is 71.8 Å². The first-order valence-corrected chi connectivity index (χ1v) is 8.03. The van der Waals surface area contributed by atoms with Gasteiger partial charge in [-0.2, -0.15) is 0 Å². The van der Waals surface area contributed by atoms with Crippen LogP contribution < -0.4 is 0 Å². The van der Waals surface area contributed by atoms with Crippen molar-refractivity contribution in [2.45, 2.75) is 12.6 Å². The molecule has 1 aliphatic heterocycles. The monoisotopic (exact) mass is 378 g/mol. The Kier molecular flexibility index (Phi) is 4.70. The molecule has 0 bridgehead atoms. The Morgan fingerprint density at radius 3 is 2.25 bits per heavy atom. The van der Waals surface area contributed by atoms with Gasteiger partial charge in [-0.25, -0.2) is 3.11 Å². The number of piperazine rings is 1. The Balaban J connectivity index is 1.80. The molecule has 104 valence electrons. The van der Waals surface area contributed by atoms with Gasteiger partial charge in [-0.05, 0) is 11.1 Å². The average molecular weight is 378 g/mol. The second kappa shape index (κ2) is 6.70. The summed E-state index contributed by atoms with van der Waals surface area (Å²) in [5.74, 6) is 0. The summed E-state index contributed by atoms with van der Waals surface area (Å²) in [4.78, 5) is 2.60. The van der Waals surface area contributed by atoms with Gasteiger partial charge in [0.1, 0.15) is 0 Å². The summed E-state index contributed by atoms with van der Waals surface area (Å²) in [5, 5.41) is 0. The lowest BCUT2D eigenvalue weighted by Crippen LogP contribution is -2.44. The number of hydrogen-bond donors (Lipinski definition) is 0. The predicted molar refractivity (Wildman–Crippen MR) is 91.6 cm³/mol. The molecule has 3 heteroatoms. The Hall–Kier alpha value is -0.910. The summed E-state index contributed by atoms with van der Waals surface area (Å²) in [6.45, 7) is 4.39. The van der Waals surface area contributed by atoms with Gasteiger partial charge in [0, 0.05) is 55.1 Å². The van der Waals surface area contributed by atoms with Crippen LogP contribution in [0.3, 0.4) is 0 Å². The summed E-state index contributed by atoms with van der Waals surface area (Å²) in [5.41, 5.74) is 2.82. The highest BCUT2D eigenvalue weighted by Crippen LogP contribution is 2.28. The molecule has 1 aliphatic rings. The molecule has 1 atom stereocenters. The molecule has 0 spiro atoms. The van der Waals surface area contributed by atoms with E-state index in [1.165, 1.54) is 11.1 Å². The zero-order chi connectivity index (χ0) is 13.8. The van der Waals surface area contributed by atoms with Crippen molar-refractivity contribution < 1.29 is 0 Å². The third kappa shape index (κ3) is 3.40. The van der Waals surface area contributed by atoms with Crippen LogP contribution in [0.25, 0.3) is 0 Å².